The van der Waals surface area contributed by atoms with Crippen molar-refractivity contribution in [2.24, 2.45) is 16.7 Å². The van der Waals surface area contributed by atoms with Crippen LogP contribution in [0.2, 0.25) is 0 Å². The number of carbonyl (C=O) groups is 1. The standard InChI is InChI=1S/C14H28O2/c1-8-13(4,5)10-14(6,11(2)3)9-12(15)16-7/h11H,8-10H2,1-7H3. The average Bonchev–Trinajstić information content (AvgIpc) is 2.16. The lowest BCUT2D eigenvalue weighted by molar-refractivity contribution is -0.144. The topological polar surface area (TPSA) is 26.3 Å². The summed E-state index contributed by atoms with van der Waals surface area (Å²) in [5.74, 6) is 0.389. The molecule has 1 unspecified atom stereocenters. The number of rotatable bonds is 6. The molecule has 0 amide bonds. The highest BCUT2D eigenvalue weighted by Gasteiger charge is 2.36. The summed E-state index contributed by atoms with van der Waals surface area (Å²) in [6.45, 7) is 13.3. The first kappa shape index (κ1) is 15.5. The summed E-state index contributed by atoms with van der Waals surface area (Å²) in [5, 5.41) is 0. The summed E-state index contributed by atoms with van der Waals surface area (Å²) in [6, 6.07) is 0. The molecule has 0 saturated carbocycles. The number of esters is 1. The van der Waals surface area contributed by atoms with Crippen LogP contribution in [-0.2, 0) is 9.53 Å². The molecule has 0 aliphatic heterocycles. The molecule has 0 aliphatic rings. The Morgan fingerprint density at radius 1 is 1.25 bits per heavy atom. The molecule has 0 radical (unpaired) electrons. The third-order valence-corrected chi connectivity index (χ3v) is 4.01. The van der Waals surface area contributed by atoms with Crippen molar-refractivity contribution in [3.05, 3.63) is 0 Å². The highest BCUT2D eigenvalue weighted by Crippen LogP contribution is 2.43. The molecule has 0 saturated heterocycles. The van der Waals surface area contributed by atoms with E-state index in [4.69, 9.17) is 4.74 Å². The van der Waals surface area contributed by atoms with E-state index in [2.05, 4.69) is 41.5 Å². The van der Waals surface area contributed by atoms with Gasteiger partial charge in [0.2, 0.25) is 0 Å². The van der Waals surface area contributed by atoms with Gasteiger partial charge in [0.25, 0.3) is 0 Å². The molecule has 0 N–H and O–H groups in total. The number of ether oxygens (including phenoxy) is 1. The summed E-state index contributed by atoms with van der Waals surface area (Å²) in [5.41, 5.74) is 0.319. The van der Waals surface area contributed by atoms with Gasteiger partial charge in [0.1, 0.15) is 0 Å². The van der Waals surface area contributed by atoms with E-state index in [1.165, 1.54) is 7.11 Å². The maximum Gasteiger partial charge on any atom is 0.306 e. The van der Waals surface area contributed by atoms with Gasteiger partial charge in [0, 0.05) is 0 Å². The molecule has 2 heteroatoms. The molecule has 0 spiro atoms. The van der Waals surface area contributed by atoms with Crippen LogP contribution in [0.5, 0.6) is 0 Å². The lowest BCUT2D eigenvalue weighted by atomic mass is 9.65. The quantitative estimate of drug-likeness (QED) is 0.641. The van der Waals surface area contributed by atoms with Gasteiger partial charge in [0.05, 0.1) is 13.5 Å². The normalized spacial score (nSPS) is 16.0. The molecule has 0 aromatic heterocycles. The van der Waals surface area contributed by atoms with Gasteiger partial charge >= 0.3 is 5.97 Å². The zero-order valence-corrected chi connectivity index (χ0v) is 12.0. The third kappa shape index (κ3) is 4.54. The molecule has 0 aliphatic carbocycles. The minimum atomic E-state index is -0.0943. The fourth-order valence-electron chi connectivity index (χ4n) is 2.09. The van der Waals surface area contributed by atoms with Crippen molar-refractivity contribution >= 4 is 5.97 Å². The van der Waals surface area contributed by atoms with Gasteiger partial charge in [-0.1, -0.05) is 48.0 Å². The monoisotopic (exact) mass is 228 g/mol. The second-order valence-electron chi connectivity index (χ2n) is 6.26. The summed E-state index contributed by atoms with van der Waals surface area (Å²) >= 11 is 0. The summed E-state index contributed by atoms with van der Waals surface area (Å²) < 4.78 is 4.81. The van der Waals surface area contributed by atoms with Gasteiger partial charge < -0.3 is 4.74 Å². The van der Waals surface area contributed by atoms with E-state index in [0.29, 0.717) is 12.3 Å². The summed E-state index contributed by atoms with van der Waals surface area (Å²) in [4.78, 5) is 11.5. The van der Waals surface area contributed by atoms with Crippen LogP contribution in [-0.4, -0.2) is 13.1 Å². The Morgan fingerprint density at radius 3 is 2.06 bits per heavy atom. The minimum Gasteiger partial charge on any atom is -0.469 e. The number of hydrogen-bond acceptors (Lipinski definition) is 2. The van der Waals surface area contributed by atoms with Crippen LogP contribution in [0.3, 0.4) is 0 Å². The van der Waals surface area contributed by atoms with Crippen molar-refractivity contribution in [2.45, 2.75) is 60.8 Å². The van der Waals surface area contributed by atoms with Crippen LogP contribution >= 0.6 is 0 Å². The van der Waals surface area contributed by atoms with Crippen molar-refractivity contribution in [2.75, 3.05) is 7.11 Å². The number of methoxy groups -OCH3 is 1. The molecule has 0 rings (SSSR count). The van der Waals surface area contributed by atoms with E-state index >= 15 is 0 Å². The van der Waals surface area contributed by atoms with Crippen LogP contribution in [0.15, 0.2) is 0 Å². The van der Waals surface area contributed by atoms with Gasteiger partial charge in [-0.3, -0.25) is 4.79 Å². The minimum absolute atomic E-state index is 0.0343. The van der Waals surface area contributed by atoms with Crippen molar-refractivity contribution in [1.82, 2.24) is 0 Å². The van der Waals surface area contributed by atoms with Crippen LogP contribution in [0, 0.1) is 16.7 Å². The van der Waals surface area contributed by atoms with Crippen molar-refractivity contribution < 1.29 is 9.53 Å². The molecule has 0 aromatic carbocycles. The van der Waals surface area contributed by atoms with Gasteiger partial charge in [-0.15, -0.1) is 0 Å². The van der Waals surface area contributed by atoms with Crippen LogP contribution in [0.4, 0.5) is 0 Å². The van der Waals surface area contributed by atoms with Gasteiger partial charge in [-0.25, -0.2) is 0 Å². The third-order valence-electron chi connectivity index (χ3n) is 4.01. The van der Waals surface area contributed by atoms with Crippen molar-refractivity contribution in [3.63, 3.8) is 0 Å². The second kappa shape index (κ2) is 5.70. The fraction of sp³-hybridized carbons (Fsp3) is 0.929. The maximum atomic E-state index is 11.5. The van der Waals surface area contributed by atoms with E-state index in [1.807, 2.05) is 0 Å². The Hall–Kier alpha value is -0.530. The first-order chi connectivity index (χ1) is 7.17. The van der Waals surface area contributed by atoms with Gasteiger partial charge in [-0.05, 0) is 23.2 Å². The highest BCUT2D eigenvalue weighted by molar-refractivity contribution is 5.70. The van der Waals surface area contributed by atoms with E-state index in [9.17, 15) is 4.79 Å². The molecule has 1 atom stereocenters. The van der Waals surface area contributed by atoms with Crippen molar-refractivity contribution in [3.8, 4) is 0 Å². The fourth-order valence-corrected chi connectivity index (χ4v) is 2.09. The Kier molecular flexibility index (Phi) is 5.51. The van der Waals surface area contributed by atoms with Crippen LogP contribution < -0.4 is 0 Å². The van der Waals surface area contributed by atoms with Crippen LogP contribution in [0.1, 0.15) is 60.8 Å². The highest BCUT2D eigenvalue weighted by atomic mass is 16.5. The molecule has 0 aromatic rings. The smallest absolute Gasteiger partial charge is 0.306 e. The largest absolute Gasteiger partial charge is 0.469 e. The maximum absolute atomic E-state index is 11.5. The molecule has 0 fully saturated rings. The van der Waals surface area contributed by atoms with Crippen molar-refractivity contribution in [1.29, 1.82) is 0 Å². The first-order valence-electron chi connectivity index (χ1n) is 6.23. The second-order valence-corrected chi connectivity index (χ2v) is 6.26. The molecule has 0 heterocycles. The molecular formula is C14H28O2. The van der Waals surface area contributed by atoms with E-state index in [1.54, 1.807) is 0 Å². The zero-order chi connectivity index (χ0) is 13.0. The SMILES string of the molecule is CCC(C)(C)CC(C)(CC(=O)OC)C(C)C. The van der Waals surface area contributed by atoms with E-state index in [0.717, 1.165) is 12.8 Å². The van der Waals surface area contributed by atoms with Gasteiger partial charge in [0.15, 0.2) is 0 Å². The lowest BCUT2D eigenvalue weighted by Gasteiger charge is -2.39. The van der Waals surface area contributed by atoms with E-state index < -0.39 is 0 Å². The Balaban J connectivity index is 4.77. The van der Waals surface area contributed by atoms with E-state index in [-0.39, 0.29) is 16.8 Å². The molecule has 2 nitrogen and oxygen atoms in total. The lowest BCUT2D eigenvalue weighted by Crippen LogP contribution is -2.32. The van der Waals surface area contributed by atoms with Gasteiger partial charge in [-0.2, -0.15) is 0 Å². The first-order valence-corrected chi connectivity index (χ1v) is 6.23. The number of hydrogen-bond donors (Lipinski definition) is 0. The zero-order valence-electron chi connectivity index (χ0n) is 12.0. The molecule has 16 heavy (non-hydrogen) atoms. The Morgan fingerprint density at radius 2 is 1.75 bits per heavy atom. The predicted octanol–water partition coefficient (Wildman–Crippen LogP) is 4.04. The molecular weight excluding hydrogens is 200 g/mol. The van der Waals surface area contributed by atoms with Crippen LogP contribution in [0.25, 0.3) is 0 Å². The average molecular weight is 228 g/mol. The number of carbonyl (C=O) groups excluding carboxylic acids is 1. The molecule has 96 valence electrons. The Bertz CT molecular complexity index is 231. The summed E-state index contributed by atoms with van der Waals surface area (Å²) in [7, 11) is 1.47. The Labute approximate surface area is 101 Å². The predicted molar refractivity (Wildman–Crippen MR) is 68.3 cm³/mol. The molecule has 0 bridgehead atoms. The summed E-state index contributed by atoms with van der Waals surface area (Å²) in [6.07, 6.45) is 2.71.